The SMILES string of the molecule is CC(=O)N1CCN(c2cc(-n3nc(C)cc3C)nc(Cc3ccc(F)c(F)c3)n2)CC1.CC(=O)N1CCN(c2cc(-n3nc(C)cc3C)nc(Cc3ccc(F)cc3)n2)CC1.CC(=O)N1CCN(c2cc(Cc3ccc(C)c(F)c3)nc(-n3nc(C)cc3C)n2)CC1.CC(=O)N1CCN(c2cc(Cc3ccc(C)cc3)nc(-n3nc(C)cc3C)n2)CC1. The van der Waals surface area contributed by atoms with Crippen molar-refractivity contribution in [1.29, 1.82) is 0 Å². The number of hydrogen-bond acceptors (Lipinski definition) is 20. The maximum absolute atomic E-state index is 14.1. The average molecular weight is 1660 g/mol. The van der Waals surface area contributed by atoms with Crippen LogP contribution in [0.1, 0.15) is 130 Å². The maximum Gasteiger partial charge on any atom is 0.252 e. The second-order valence-electron chi connectivity index (χ2n) is 31.5. The number of rotatable bonds is 16. The summed E-state index contributed by atoms with van der Waals surface area (Å²) in [7, 11) is 0. The molecule has 0 unspecified atom stereocenters. The van der Waals surface area contributed by atoms with Crippen LogP contribution in [-0.2, 0) is 44.9 Å². The summed E-state index contributed by atoms with van der Waals surface area (Å²) >= 11 is 0. The molecule has 0 aliphatic carbocycles. The lowest BCUT2D eigenvalue weighted by atomic mass is 10.1. The van der Waals surface area contributed by atoms with E-state index in [0.717, 1.165) is 117 Å². The largest absolute Gasteiger partial charge is 0.353 e. The minimum atomic E-state index is -0.896. The van der Waals surface area contributed by atoms with Crippen LogP contribution in [0.5, 0.6) is 0 Å². The number of aromatic nitrogens is 16. The van der Waals surface area contributed by atoms with E-state index < -0.39 is 11.6 Å². The molecule has 122 heavy (non-hydrogen) atoms. The number of benzene rings is 4. The molecular formula is C90H104F4N24O4. The Labute approximate surface area is 707 Å². The zero-order valence-electron chi connectivity index (χ0n) is 71.7. The first-order valence-corrected chi connectivity index (χ1v) is 41.0. The molecule has 4 aliphatic heterocycles. The van der Waals surface area contributed by atoms with Crippen LogP contribution < -0.4 is 19.6 Å². The van der Waals surface area contributed by atoms with Gasteiger partial charge in [0.1, 0.15) is 46.6 Å². The lowest BCUT2D eigenvalue weighted by Gasteiger charge is -2.35. The number of hydrogen-bond donors (Lipinski definition) is 0. The van der Waals surface area contributed by atoms with Gasteiger partial charge in [0.2, 0.25) is 23.6 Å². The molecule has 636 valence electrons. The minimum Gasteiger partial charge on any atom is -0.353 e. The third-order valence-electron chi connectivity index (χ3n) is 21.8. The first-order valence-electron chi connectivity index (χ1n) is 41.0. The fourth-order valence-electron chi connectivity index (χ4n) is 15.1. The van der Waals surface area contributed by atoms with Crippen molar-refractivity contribution in [2.45, 2.75) is 123 Å². The van der Waals surface area contributed by atoms with Crippen molar-refractivity contribution in [1.82, 2.24) is 98.6 Å². The van der Waals surface area contributed by atoms with Crippen LogP contribution in [0.2, 0.25) is 0 Å². The van der Waals surface area contributed by atoms with Crippen molar-refractivity contribution in [3.63, 3.8) is 0 Å². The number of nitrogens with zero attached hydrogens (tertiary/aromatic N) is 24. The smallest absolute Gasteiger partial charge is 0.252 e. The van der Waals surface area contributed by atoms with Crippen molar-refractivity contribution >= 4 is 46.9 Å². The number of halogens is 4. The van der Waals surface area contributed by atoms with E-state index in [1.54, 1.807) is 68.2 Å². The first-order chi connectivity index (χ1) is 58.4. The number of aryl methyl sites for hydroxylation is 10. The zero-order valence-corrected chi connectivity index (χ0v) is 71.7. The van der Waals surface area contributed by atoms with Gasteiger partial charge >= 0.3 is 0 Å². The van der Waals surface area contributed by atoms with E-state index in [1.165, 1.54) is 35.4 Å². The molecule has 8 aromatic heterocycles. The van der Waals surface area contributed by atoms with Crippen molar-refractivity contribution in [2.24, 2.45) is 0 Å². The van der Waals surface area contributed by atoms with Crippen molar-refractivity contribution in [3.8, 4) is 23.5 Å². The average Bonchev–Trinajstić information content (AvgIpc) is 1.65. The normalized spacial score (nSPS) is 14.2. The Kier molecular flexibility index (Phi) is 27.3. The van der Waals surface area contributed by atoms with Crippen LogP contribution in [0.4, 0.5) is 40.8 Å². The van der Waals surface area contributed by atoms with Crippen LogP contribution in [-0.4, -0.2) is 227 Å². The molecule has 4 saturated heterocycles. The summed E-state index contributed by atoms with van der Waals surface area (Å²) in [4.78, 5) is 101. The van der Waals surface area contributed by atoms with E-state index in [9.17, 15) is 36.7 Å². The number of carbonyl (C=O) groups is 4. The van der Waals surface area contributed by atoms with Gasteiger partial charge in [0.05, 0.1) is 34.2 Å². The van der Waals surface area contributed by atoms with Gasteiger partial charge in [-0.05, 0) is 152 Å². The standard InChI is InChI=1S/C23H27FN6O.C23H28N6O.C22H24F2N6O.C22H25FN6O/c1-15-5-6-19(13-21(15)24)12-20-14-22(29-9-7-28(8-10-29)18(4)31)26-23(25-20)30-17(3)11-16(2)27-30;1-16-5-7-20(8-6-16)14-21-15-22(28-11-9-27(10-12-28)19(4)30)25-23(24-21)29-18(3)13-17(2)26-29;1-14-10-15(2)30(27-14)22-13-21(29-8-6-28(7-9-29)16(3)31)25-20(26-22)12-17-4-5-18(23)19(24)11-17;1-15-12-16(2)29(26-15)22-14-21(28-10-8-27(9-11-28)17(3)30)24-20(25-22)13-18-4-6-19(23)7-5-18/h5-6,11,13-14H,7-10,12H2,1-4H3;5-8,13,15H,9-12,14H2,1-4H3;4-5,10-11,13H,6-9,12H2,1-3H3;4-7,12,14H,8-11,13H2,1-3H3. The van der Waals surface area contributed by atoms with Crippen molar-refractivity contribution in [3.05, 3.63) is 259 Å². The fraction of sp³-hybridized carbons (Fsp3) is 0.378. The highest BCUT2D eigenvalue weighted by Gasteiger charge is 2.28. The summed E-state index contributed by atoms with van der Waals surface area (Å²) < 4.78 is 61.5. The number of piperazine rings is 4. The zero-order chi connectivity index (χ0) is 86.7. The highest BCUT2D eigenvalue weighted by atomic mass is 19.2. The second kappa shape index (κ2) is 38.5. The monoisotopic (exact) mass is 1660 g/mol. The second-order valence-corrected chi connectivity index (χ2v) is 31.5. The molecule has 0 spiro atoms. The summed E-state index contributed by atoms with van der Waals surface area (Å²) in [5, 5.41) is 18.2. The third kappa shape index (κ3) is 22.1. The van der Waals surface area contributed by atoms with Gasteiger partial charge in [0.15, 0.2) is 23.3 Å². The topological polar surface area (TPSA) is 269 Å². The summed E-state index contributed by atoms with van der Waals surface area (Å²) in [5.41, 5.74) is 14.7. The van der Waals surface area contributed by atoms with Gasteiger partial charge in [0.25, 0.3) is 11.9 Å². The minimum absolute atomic E-state index is 0.0599. The van der Waals surface area contributed by atoms with E-state index in [4.69, 9.17) is 34.9 Å². The van der Waals surface area contributed by atoms with Crippen molar-refractivity contribution < 1.29 is 36.7 Å². The Hall–Kier alpha value is -13.2. The van der Waals surface area contributed by atoms with Gasteiger partial charge < -0.3 is 39.2 Å². The van der Waals surface area contributed by atoms with Gasteiger partial charge in [-0.3, -0.25) is 19.2 Å². The molecule has 32 heteroatoms. The molecule has 0 N–H and O–H groups in total. The molecule has 4 amide bonds. The van der Waals surface area contributed by atoms with Crippen LogP contribution >= 0.6 is 0 Å². The molecule has 0 saturated carbocycles. The Morgan fingerprint density at radius 2 is 0.590 bits per heavy atom. The van der Waals surface area contributed by atoms with Gasteiger partial charge in [-0.1, -0.05) is 60.2 Å². The highest BCUT2D eigenvalue weighted by Crippen LogP contribution is 2.28. The van der Waals surface area contributed by atoms with Gasteiger partial charge in [-0.25, -0.2) is 66.2 Å². The fourth-order valence-corrected chi connectivity index (χ4v) is 15.1. The third-order valence-corrected chi connectivity index (χ3v) is 21.8. The van der Waals surface area contributed by atoms with Gasteiger partial charge in [0, 0.05) is 205 Å². The van der Waals surface area contributed by atoms with E-state index in [-0.39, 0.29) is 41.7 Å². The quantitative estimate of drug-likeness (QED) is 0.0813. The molecule has 4 fully saturated rings. The Bertz CT molecular complexity index is 5390. The lowest BCUT2D eigenvalue weighted by molar-refractivity contribution is -0.129. The van der Waals surface area contributed by atoms with Crippen LogP contribution in [0, 0.1) is 92.5 Å². The Morgan fingerprint density at radius 3 is 0.943 bits per heavy atom. The summed E-state index contributed by atoms with van der Waals surface area (Å²) in [6, 6.07) is 39.8. The molecule has 0 bridgehead atoms. The first kappa shape index (κ1) is 86.7. The lowest BCUT2D eigenvalue weighted by Crippen LogP contribution is -2.48. The van der Waals surface area contributed by atoms with Gasteiger partial charge in [-0.15, -0.1) is 0 Å². The van der Waals surface area contributed by atoms with E-state index in [0.29, 0.717) is 151 Å². The molecule has 12 heterocycles. The number of amides is 4. The predicted molar refractivity (Wildman–Crippen MR) is 459 cm³/mol. The van der Waals surface area contributed by atoms with E-state index in [1.807, 2.05) is 133 Å². The van der Waals surface area contributed by atoms with E-state index in [2.05, 4.69) is 82.2 Å². The van der Waals surface area contributed by atoms with Gasteiger partial charge in [-0.2, -0.15) is 30.4 Å². The summed E-state index contributed by atoms with van der Waals surface area (Å²) in [6.07, 6.45) is 1.97. The molecule has 0 atom stereocenters. The maximum atomic E-state index is 14.1. The van der Waals surface area contributed by atoms with Crippen molar-refractivity contribution in [2.75, 3.05) is 124 Å². The summed E-state index contributed by atoms with van der Waals surface area (Å²) in [5.74, 6) is 4.87. The highest BCUT2D eigenvalue weighted by molar-refractivity contribution is 5.75. The molecule has 12 aromatic rings. The number of carbonyl (C=O) groups excluding carboxylic acids is 4. The molecule has 0 radical (unpaired) electrons. The van der Waals surface area contributed by atoms with Crippen LogP contribution in [0.3, 0.4) is 0 Å². The van der Waals surface area contributed by atoms with Crippen LogP contribution in [0.15, 0.2) is 133 Å². The molecular weight excluding hydrogens is 1560 g/mol. The number of anilines is 4. The molecule has 28 nitrogen and oxygen atoms in total. The Balaban J connectivity index is 0.000000140. The molecule has 4 aromatic carbocycles. The Morgan fingerprint density at radius 1 is 0.287 bits per heavy atom. The van der Waals surface area contributed by atoms with Crippen LogP contribution in [0.25, 0.3) is 23.5 Å². The predicted octanol–water partition coefficient (Wildman–Crippen LogP) is 11.3. The van der Waals surface area contributed by atoms with E-state index >= 15 is 0 Å². The summed E-state index contributed by atoms with van der Waals surface area (Å²) in [6.45, 7) is 36.9. The molecule has 16 rings (SSSR count). The molecule has 4 aliphatic rings.